The molecule has 20 heavy (non-hydrogen) atoms. The van der Waals surface area contributed by atoms with Crippen LogP contribution in [0, 0.1) is 0 Å². The van der Waals surface area contributed by atoms with Gasteiger partial charge in [0.05, 0.1) is 12.0 Å². The third-order valence-electron chi connectivity index (χ3n) is 2.61. The average Bonchev–Trinajstić information content (AvgIpc) is 2.85. The van der Waals surface area contributed by atoms with Crippen molar-refractivity contribution in [2.75, 3.05) is 0 Å². The van der Waals surface area contributed by atoms with Crippen LogP contribution in [0.15, 0.2) is 54.8 Å². The molecule has 0 aliphatic heterocycles. The molecule has 5 heteroatoms. The minimum Gasteiger partial charge on any atom is -0.452 e. The minimum atomic E-state index is -0.862. The zero-order valence-electron chi connectivity index (χ0n) is 10.6. The summed E-state index contributed by atoms with van der Waals surface area (Å²) in [7, 11) is 0. The standard InChI is InChI=1S/C15H12O5/c1-10(14(17)20-13-8-7-12(16)9-13)19-15(18)11-5-3-2-4-6-11/h2-8,13H,1,9H2. The van der Waals surface area contributed by atoms with E-state index in [4.69, 9.17) is 9.47 Å². The lowest BCUT2D eigenvalue weighted by Gasteiger charge is -2.11. The third-order valence-corrected chi connectivity index (χ3v) is 2.61. The van der Waals surface area contributed by atoms with Gasteiger partial charge in [-0.3, -0.25) is 4.79 Å². The highest BCUT2D eigenvalue weighted by Gasteiger charge is 2.23. The van der Waals surface area contributed by atoms with Crippen molar-refractivity contribution < 1.29 is 23.9 Å². The minimum absolute atomic E-state index is 0.103. The first-order chi connectivity index (χ1) is 9.56. The Morgan fingerprint density at radius 3 is 2.50 bits per heavy atom. The number of ether oxygens (including phenoxy) is 2. The maximum Gasteiger partial charge on any atom is 0.374 e. The maximum absolute atomic E-state index is 11.7. The van der Waals surface area contributed by atoms with E-state index >= 15 is 0 Å². The molecule has 0 saturated heterocycles. The first-order valence-corrected chi connectivity index (χ1v) is 5.94. The van der Waals surface area contributed by atoms with Crippen molar-refractivity contribution in [3.05, 3.63) is 60.4 Å². The van der Waals surface area contributed by atoms with Gasteiger partial charge >= 0.3 is 11.9 Å². The molecule has 1 aliphatic rings. The van der Waals surface area contributed by atoms with Crippen molar-refractivity contribution in [3.63, 3.8) is 0 Å². The first-order valence-electron chi connectivity index (χ1n) is 5.94. The Balaban J connectivity index is 1.88. The van der Waals surface area contributed by atoms with Crippen molar-refractivity contribution >= 4 is 17.7 Å². The van der Waals surface area contributed by atoms with Gasteiger partial charge in [0.25, 0.3) is 0 Å². The van der Waals surface area contributed by atoms with Crippen LogP contribution in [0.3, 0.4) is 0 Å². The molecule has 0 heterocycles. The molecule has 0 saturated carbocycles. The van der Waals surface area contributed by atoms with Gasteiger partial charge < -0.3 is 9.47 Å². The predicted octanol–water partition coefficient (Wildman–Crippen LogP) is 1.80. The van der Waals surface area contributed by atoms with Crippen LogP contribution >= 0.6 is 0 Å². The van der Waals surface area contributed by atoms with Crippen LogP contribution in [-0.4, -0.2) is 23.8 Å². The molecule has 1 unspecified atom stereocenters. The van der Waals surface area contributed by atoms with Crippen LogP contribution in [0.1, 0.15) is 16.8 Å². The van der Waals surface area contributed by atoms with Crippen LogP contribution in [0.5, 0.6) is 0 Å². The number of benzene rings is 1. The molecule has 0 N–H and O–H groups in total. The lowest BCUT2D eigenvalue weighted by molar-refractivity contribution is -0.145. The van der Waals surface area contributed by atoms with Gasteiger partial charge in [-0.15, -0.1) is 0 Å². The molecule has 1 atom stereocenters. The number of allylic oxidation sites excluding steroid dienone is 1. The van der Waals surface area contributed by atoms with Crippen molar-refractivity contribution in [2.24, 2.45) is 0 Å². The summed E-state index contributed by atoms with van der Waals surface area (Å²) in [5.74, 6) is -2.08. The Hall–Kier alpha value is -2.69. The van der Waals surface area contributed by atoms with E-state index in [1.54, 1.807) is 30.3 Å². The molecule has 0 spiro atoms. The summed E-state index contributed by atoms with van der Waals surface area (Å²) < 4.78 is 9.78. The topological polar surface area (TPSA) is 69.7 Å². The summed E-state index contributed by atoms with van der Waals surface area (Å²) in [6.07, 6.45) is 2.30. The predicted molar refractivity (Wildman–Crippen MR) is 69.6 cm³/mol. The SMILES string of the molecule is C=C(OC(=O)c1ccccc1)C(=O)OC1C=CC(=O)C1. The van der Waals surface area contributed by atoms with Crippen LogP contribution in [0.2, 0.25) is 0 Å². The van der Waals surface area contributed by atoms with Crippen molar-refractivity contribution in [1.82, 2.24) is 0 Å². The van der Waals surface area contributed by atoms with Gasteiger partial charge in [0.1, 0.15) is 6.10 Å². The highest BCUT2D eigenvalue weighted by atomic mass is 16.6. The smallest absolute Gasteiger partial charge is 0.374 e. The van der Waals surface area contributed by atoms with E-state index in [9.17, 15) is 14.4 Å². The van der Waals surface area contributed by atoms with Gasteiger partial charge in [0.2, 0.25) is 5.76 Å². The second-order valence-electron chi connectivity index (χ2n) is 4.15. The molecule has 1 aromatic rings. The second-order valence-corrected chi connectivity index (χ2v) is 4.15. The summed E-state index contributed by atoms with van der Waals surface area (Å²) in [6, 6.07) is 8.21. The lowest BCUT2D eigenvalue weighted by atomic mass is 10.2. The number of ketones is 1. The van der Waals surface area contributed by atoms with Gasteiger partial charge in [-0.1, -0.05) is 18.2 Å². The van der Waals surface area contributed by atoms with Gasteiger partial charge in [-0.2, -0.15) is 0 Å². The Bertz CT molecular complexity index is 586. The summed E-state index contributed by atoms with van der Waals surface area (Å²) in [5.41, 5.74) is 0.303. The lowest BCUT2D eigenvalue weighted by Crippen LogP contribution is -2.19. The molecule has 0 aromatic heterocycles. The largest absolute Gasteiger partial charge is 0.452 e. The number of carbonyl (C=O) groups excluding carboxylic acids is 3. The average molecular weight is 272 g/mol. The van der Waals surface area contributed by atoms with E-state index in [0.717, 1.165) is 0 Å². The number of hydrogen-bond donors (Lipinski definition) is 0. The Morgan fingerprint density at radius 1 is 1.20 bits per heavy atom. The second kappa shape index (κ2) is 5.97. The molecule has 0 amide bonds. The zero-order valence-corrected chi connectivity index (χ0v) is 10.6. The van der Waals surface area contributed by atoms with Crippen molar-refractivity contribution in [2.45, 2.75) is 12.5 Å². The molecular formula is C15H12O5. The van der Waals surface area contributed by atoms with Crippen LogP contribution < -0.4 is 0 Å². The molecule has 0 fully saturated rings. The molecule has 1 aromatic carbocycles. The number of esters is 2. The summed E-state index contributed by atoms with van der Waals surface area (Å²) in [6.45, 7) is 3.35. The molecule has 5 nitrogen and oxygen atoms in total. The van der Waals surface area contributed by atoms with Crippen LogP contribution in [0.25, 0.3) is 0 Å². The van der Waals surface area contributed by atoms with E-state index in [1.807, 2.05) is 0 Å². The first kappa shape index (κ1) is 13.7. The number of hydrogen-bond acceptors (Lipinski definition) is 5. The molecule has 0 radical (unpaired) electrons. The highest BCUT2D eigenvalue weighted by molar-refractivity contribution is 5.96. The van der Waals surface area contributed by atoms with Gasteiger partial charge in [0.15, 0.2) is 5.78 Å². The highest BCUT2D eigenvalue weighted by Crippen LogP contribution is 2.13. The fourth-order valence-corrected chi connectivity index (χ4v) is 1.62. The fraction of sp³-hybridized carbons (Fsp3) is 0.133. The van der Waals surface area contributed by atoms with E-state index < -0.39 is 23.8 Å². The number of rotatable bonds is 4. The van der Waals surface area contributed by atoms with Gasteiger partial charge in [-0.05, 0) is 30.9 Å². The van der Waals surface area contributed by atoms with Crippen molar-refractivity contribution in [1.29, 1.82) is 0 Å². The van der Waals surface area contributed by atoms with Gasteiger partial charge in [0, 0.05) is 0 Å². The Labute approximate surface area is 115 Å². The molecular weight excluding hydrogens is 260 g/mol. The maximum atomic E-state index is 11.7. The summed E-state index contributed by atoms with van der Waals surface area (Å²) in [5, 5.41) is 0. The molecule has 102 valence electrons. The van der Waals surface area contributed by atoms with E-state index in [-0.39, 0.29) is 12.2 Å². The monoisotopic (exact) mass is 272 g/mol. The normalized spacial score (nSPS) is 16.8. The van der Waals surface area contributed by atoms with E-state index in [1.165, 1.54) is 12.2 Å². The molecule has 0 bridgehead atoms. The number of carbonyl (C=O) groups is 3. The van der Waals surface area contributed by atoms with Crippen molar-refractivity contribution in [3.8, 4) is 0 Å². The fourth-order valence-electron chi connectivity index (χ4n) is 1.62. The summed E-state index contributed by atoms with van der Waals surface area (Å²) >= 11 is 0. The Morgan fingerprint density at radius 2 is 1.90 bits per heavy atom. The van der Waals surface area contributed by atoms with E-state index in [0.29, 0.717) is 5.56 Å². The zero-order chi connectivity index (χ0) is 14.5. The third kappa shape index (κ3) is 3.41. The molecule has 2 rings (SSSR count). The quantitative estimate of drug-likeness (QED) is 0.475. The van der Waals surface area contributed by atoms with Crippen LogP contribution in [-0.2, 0) is 19.1 Å². The summed E-state index contributed by atoms with van der Waals surface area (Å²) in [4.78, 5) is 34.3. The molecule has 1 aliphatic carbocycles. The van der Waals surface area contributed by atoms with E-state index in [2.05, 4.69) is 6.58 Å². The Kier molecular flexibility index (Phi) is 4.10. The van der Waals surface area contributed by atoms with Crippen LogP contribution in [0.4, 0.5) is 0 Å². The van der Waals surface area contributed by atoms with Gasteiger partial charge in [-0.25, -0.2) is 9.59 Å².